The first-order chi connectivity index (χ1) is 6.09. The van der Waals surface area contributed by atoms with Crippen LogP contribution >= 0.6 is 24.2 Å². The summed E-state index contributed by atoms with van der Waals surface area (Å²) in [6, 6.07) is 0. The van der Waals surface area contributed by atoms with Crippen molar-refractivity contribution in [1.82, 2.24) is 4.90 Å². The molecule has 0 aromatic rings. The Hall–Kier alpha value is -1.01. The molecule has 0 aromatic heterocycles. The van der Waals surface area contributed by atoms with E-state index < -0.39 is 5.97 Å². The highest BCUT2D eigenvalue weighted by atomic mass is 35.5. The lowest BCUT2D eigenvalue weighted by molar-refractivity contribution is -0.146. The molecule has 2 rings (SSSR count). The molecule has 5 nitrogen and oxygen atoms in total. The van der Waals surface area contributed by atoms with Crippen molar-refractivity contribution in [2.24, 2.45) is 0 Å². The van der Waals surface area contributed by atoms with Gasteiger partial charge in [0.05, 0.1) is 11.8 Å². The fourth-order valence-corrected chi connectivity index (χ4v) is 2.30. The monoisotopic (exact) mass is 235 g/mol. The molecule has 14 heavy (non-hydrogen) atoms. The molecule has 76 valence electrons. The van der Waals surface area contributed by atoms with Crippen LogP contribution in [0.25, 0.3) is 0 Å². The van der Waals surface area contributed by atoms with Crippen LogP contribution < -0.4 is 0 Å². The maximum atomic E-state index is 11.0. The van der Waals surface area contributed by atoms with Gasteiger partial charge in [-0.3, -0.25) is 14.5 Å². The molecule has 1 amide bonds. The van der Waals surface area contributed by atoms with Crippen LogP contribution in [-0.4, -0.2) is 32.4 Å². The summed E-state index contributed by atoms with van der Waals surface area (Å²) >= 11 is 0.987. The van der Waals surface area contributed by atoms with E-state index >= 15 is 0 Å². The molecule has 2 aliphatic heterocycles. The lowest BCUT2D eigenvalue weighted by Crippen LogP contribution is -2.53. The van der Waals surface area contributed by atoms with E-state index in [1.165, 1.54) is 0 Å². The molecule has 2 heterocycles. The molecule has 2 aliphatic rings. The maximum Gasteiger partial charge on any atom is 0.352 e. The summed E-state index contributed by atoms with van der Waals surface area (Å²) in [5.74, 6) is -1.47. The van der Waals surface area contributed by atoms with E-state index in [1.807, 2.05) is 0 Å². The zero-order valence-corrected chi connectivity index (χ0v) is 8.43. The van der Waals surface area contributed by atoms with Crippen molar-refractivity contribution < 1.29 is 19.5 Å². The van der Waals surface area contributed by atoms with Gasteiger partial charge in [0.15, 0.2) is 0 Å². The Balaban J connectivity index is 0.000000980. The van der Waals surface area contributed by atoms with Crippen molar-refractivity contribution in [3.63, 3.8) is 0 Å². The Kier molecular flexibility index (Phi) is 2.86. The SMILES string of the molecule is Cl.O=C1C=C(C(=O)O)N2C(=O)CC2S1. The summed E-state index contributed by atoms with van der Waals surface area (Å²) < 4.78 is 0. The third-order valence-corrected chi connectivity index (χ3v) is 2.89. The number of fused-ring (bicyclic) bond motifs is 1. The van der Waals surface area contributed by atoms with Crippen LogP contribution in [0.15, 0.2) is 11.8 Å². The van der Waals surface area contributed by atoms with E-state index in [0.29, 0.717) is 0 Å². The Labute approximate surface area is 89.5 Å². The van der Waals surface area contributed by atoms with Gasteiger partial charge in [-0.15, -0.1) is 12.4 Å². The average molecular weight is 236 g/mol. The number of hydrogen-bond donors (Lipinski definition) is 1. The van der Waals surface area contributed by atoms with Crippen molar-refractivity contribution in [3.8, 4) is 0 Å². The van der Waals surface area contributed by atoms with Gasteiger partial charge in [-0.2, -0.15) is 0 Å². The number of halogens is 1. The molecule has 7 heteroatoms. The van der Waals surface area contributed by atoms with E-state index in [2.05, 4.69) is 0 Å². The molecule has 0 radical (unpaired) electrons. The largest absolute Gasteiger partial charge is 0.477 e. The third-order valence-electron chi connectivity index (χ3n) is 1.89. The normalized spacial score (nSPS) is 24.4. The summed E-state index contributed by atoms with van der Waals surface area (Å²) in [7, 11) is 0. The van der Waals surface area contributed by atoms with Gasteiger partial charge >= 0.3 is 5.97 Å². The Morgan fingerprint density at radius 3 is 2.71 bits per heavy atom. The fraction of sp³-hybridized carbons (Fsp3) is 0.286. The van der Waals surface area contributed by atoms with E-state index in [-0.39, 0.29) is 40.9 Å². The number of carbonyl (C=O) groups is 3. The maximum absolute atomic E-state index is 11.0. The van der Waals surface area contributed by atoms with Gasteiger partial charge in [-0.1, -0.05) is 11.8 Å². The van der Waals surface area contributed by atoms with Gasteiger partial charge in [0.25, 0.3) is 0 Å². The average Bonchev–Trinajstić information content (AvgIpc) is 2.01. The zero-order valence-electron chi connectivity index (χ0n) is 6.80. The van der Waals surface area contributed by atoms with Gasteiger partial charge in [-0.05, 0) is 0 Å². The number of carboxylic acid groups (broad SMARTS) is 1. The standard InChI is InChI=1S/C7H5NO4S.ClH/c9-4-2-5-8(4)3(7(11)12)1-6(10)13-5;/h1,5H,2H2,(H,11,12);1H. The number of thioether (sulfide) groups is 1. The van der Waals surface area contributed by atoms with Gasteiger partial charge in [0, 0.05) is 6.08 Å². The summed E-state index contributed by atoms with van der Waals surface area (Å²) in [6.07, 6.45) is 1.24. The number of β-lactam (4-membered cyclic amide) rings is 1. The highest BCUT2D eigenvalue weighted by molar-refractivity contribution is 8.14. The van der Waals surface area contributed by atoms with Gasteiger partial charge < -0.3 is 5.11 Å². The van der Waals surface area contributed by atoms with Gasteiger partial charge in [0.1, 0.15) is 5.70 Å². The van der Waals surface area contributed by atoms with E-state index in [9.17, 15) is 14.4 Å². The second-order valence-electron chi connectivity index (χ2n) is 2.69. The highest BCUT2D eigenvalue weighted by Gasteiger charge is 2.45. The Morgan fingerprint density at radius 2 is 2.21 bits per heavy atom. The number of carbonyl (C=O) groups excluding carboxylic acids is 2. The first kappa shape index (κ1) is 11.1. The first-order valence-electron chi connectivity index (χ1n) is 3.57. The van der Waals surface area contributed by atoms with Crippen LogP contribution in [-0.2, 0) is 14.4 Å². The molecule has 1 N–H and O–H groups in total. The molecule has 1 unspecified atom stereocenters. The highest BCUT2D eigenvalue weighted by Crippen LogP contribution is 2.37. The van der Waals surface area contributed by atoms with Crippen LogP contribution in [0.2, 0.25) is 0 Å². The second-order valence-corrected chi connectivity index (χ2v) is 3.88. The summed E-state index contributed by atoms with van der Waals surface area (Å²) in [4.78, 5) is 33.7. The molecule has 0 aliphatic carbocycles. The third kappa shape index (κ3) is 1.51. The predicted molar refractivity (Wildman–Crippen MR) is 50.8 cm³/mol. The van der Waals surface area contributed by atoms with Gasteiger partial charge in [0.2, 0.25) is 11.0 Å². The van der Waals surface area contributed by atoms with Crippen molar-refractivity contribution in [1.29, 1.82) is 0 Å². The molecule has 1 fully saturated rings. The number of rotatable bonds is 1. The lowest BCUT2D eigenvalue weighted by atomic mass is 10.1. The Morgan fingerprint density at radius 1 is 1.57 bits per heavy atom. The van der Waals surface area contributed by atoms with Crippen molar-refractivity contribution in [2.75, 3.05) is 0 Å². The quantitative estimate of drug-likeness (QED) is 0.658. The molecular formula is C7H6ClNO4S. The predicted octanol–water partition coefficient (Wildman–Crippen LogP) is 0.209. The van der Waals surface area contributed by atoms with Crippen LogP contribution in [0.3, 0.4) is 0 Å². The lowest BCUT2D eigenvalue weighted by Gasteiger charge is -2.41. The van der Waals surface area contributed by atoms with Crippen molar-refractivity contribution >= 4 is 41.2 Å². The van der Waals surface area contributed by atoms with Crippen LogP contribution in [0.4, 0.5) is 0 Å². The van der Waals surface area contributed by atoms with Crippen molar-refractivity contribution in [2.45, 2.75) is 11.8 Å². The number of nitrogens with zero attached hydrogens (tertiary/aromatic N) is 1. The van der Waals surface area contributed by atoms with Crippen LogP contribution in [0.5, 0.6) is 0 Å². The van der Waals surface area contributed by atoms with Crippen molar-refractivity contribution in [3.05, 3.63) is 11.8 Å². The minimum absolute atomic E-state index is 0. The summed E-state index contributed by atoms with van der Waals surface area (Å²) in [6.45, 7) is 0. The van der Waals surface area contributed by atoms with E-state index in [4.69, 9.17) is 5.11 Å². The molecular weight excluding hydrogens is 230 g/mol. The number of aliphatic carboxylic acids is 1. The topological polar surface area (TPSA) is 74.7 Å². The van der Waals surface area contributed by atoms with Crippen LogP contribution in [0.1, 0.15) is 6.42 Å². The van der Waals surface area contributed by atoms with E-state index in [1.54, 1.807) is 0 Å². The molecule has 1 atom stereocenters. The minimum atomic E-state index is -1.23. The number of carboxylic acids is 1. The Bertz CT molecular complexity index is 354. The summed E-state index contributed by atoms with van der Waals surface area (Å²) in [5.41, 5.74) is -0.204. The zero-order chi connectivity index (χ0) is 9.59. The molecule has 0 saturated carbocycles. The summed E-state index contributed by atoms with van der Waals surface area (Å²) in [5, 5.41) is 8.08. The first-order valence-corrected chi connectivity index (χ1v) is 4.45. The fourth-order valence-electron chi connectivity index (χ4n) is 1.29. The van der Waals surface area contributed by atoms with Crippen LogP contribution in [0, 0.1) is 0 Å². The molecule has 0 aromatic carbocycles. The molecule has 1 saturated heterocycles. The molecule has 0 bridgehead atoms. The van der Waals surface area contributed by atoms with E-state index in [0.717, 1.165) is 22.7 Å². The number of amides is 1. The second kappa shape index (κ2) is 3.62. The number of hydrogen-bond acceptors (Lipinski definition) is 4. The smallest absolute Gasteiger partial charge is 0.352 e. The van der Waals surface area contributed by atoms with Gasteiger partial charge in [-0.25, -0.2) is 4.79 Å². The minimum Gasteiger partial charge on any atom is -0.477 e. The molecule has 0 spiro atoms.